The maximum absolute atomic E-state index is 13.0. The summed E-state index contributed by atoms with van der Waals surface area (Å²) in [6.07, 6.45) is -1.55. The van der Waals surface area contributed by atoms with Gasteiger partial charge in [-0.1, -0.05) is 29.8 Å². The van der Waals surface area contributed by atoms with Crippen LogP contribution in [0, 0.1) is 5.82 Å². The van der Waals surface area contributed by atoms with Crippen molar-refractivity contribution in [2.24, 2.45) is 0 Å². The van der Waals surface area contributed by atoms with E-state index in [1.807, 2.05) is 0 Å². The van der Waals surface area contributed by atoms with Crippen molar-refractivity contribution in [1.29, 1.82) is 0 Å². The third-order valence-electron chi connectivity index (χ3n) is 3.34. The summed E-state index contributed by atoms with van der Waals surface area (Å²) in [6.45, 7) is 0. The number of hydrogen-bond donors (Lipinski definition) is 0. The van der Waals surface area contributed by atoms with Gasteiger partial charge in [-0.3, -0.25) is 0 Å². The molecule has 4 nitrogen and oxygen atoms in total. The lowest BCUT2D eigenvalue weighted by Crippen LogP contribution is -2.17. The SMILES string of the molecule is Fc1ccc(/C=C/c2nnc(Cc3cccc(OC(F)(F)F)c3)o2)c(Cl)c1. The lowest BCUT2D eigenvalue weighted by Gasteiger charge is -2.09. The average molecular weight is 399 g/mol. The van der Waals surface area contributed by atoms with Gasteiger partial charge in [0.25, 0.3) is 0 Å². The van der Waals surface area contributed by atoms with Crippen LogP contribution in [-0.2, 0) is 6.42 Å². The molecule has 1 aromatic heterocycles. The summed E-state index contributed by atoms with van der Waals surface area (Å²) < 4.78 is 59.2. The molecule has 0 unspecified atom stereocenters. The Kier molecular flexibility index (Phi) is 5.46. The summed E-state index contributed by atoms with van der Waals surface area (Å²) in [4.78, 5) is 0. The Morgan fingerprint density at radius 2 is 1.89 bits per heavy atom. The predicted molar refractivity (Wildman–Crippen MR) is 90.6 cm³/mol. The van der Waals surface area contributed by atoms with Gasteiger partial charge in [-0.15, -0.1) is 23.4 Å². The van der Waals surface area contributed by atoms with Gasteiger partial charge in [-0.2, -0.15) is 0 Å². The zero-order valence-electron chi connectivity index (χ0n) is 13.5. The Hall–Kier alpha value is -2.87. The molecule has 0 saturated heterocycles. The minimum Gasteiger partial charge on any atom is -0.421 e. The largest absolute Gasteiger partial charge is 0.573 e. The van der Waals surface area contributed by atoms with Gasteiger partial charge >= 0.3 is 6.36 Å². The first kappa shape index (κ1) is 18.9. The Balaban J connectivity index is 1.69. The van der Waals surface area contributed by atoms with Crippen LogP contribution in [-0.4, -0.2) is 16.6 Å². The predicted octanol–water partition coefficient (Wildman–Crippen LogP) is 5.52. The molecule has 3 aromatic rings. The van der Waals surface area contributed by atoms with Crippen LogP contribution in [0.25, 0.3) is 12.2 Å². The van der Waals surface area contributed by atoms with Gasteiger partial charge in [0, 0.05) is 6.08 Å². The molecule has 0 bridgehead atoms. The van der Waals surface area contributed by atoms with E-state index in [-0.39, 0.29) is 29.0 Å². The first-order valence-corrected chi connectivity index (χ1v) is 7.96. The van der Waals surface area contributed by atoms with Crippen molar-refractivity contribution in [3.63, 3.8) is 0 Å². The first-order valence-electron chi connectivity index (χ1n) is 7.59. The van der Waals surface area contributed by atoms with Gasteiger partial charge in [-0.25, -0.2) is 4.39 Å². The molecule has 0 atom stereocenters. The highest BCUT2D eigenvalue weighted by atomic mass is 35.5. The molecule has 0 aliphatic heterocycles. The standard InChI is InChI=1S/C18H11ClF4N2O2/c19-15-10-13(20)6-4-12(15)5-7-16-24-25-17(26-16)9-11-2-1-3-14(8-11)27-18(21,22)23/h1-8,10H,9H2/b7-5+. The van der Waals surface area contributed by atoms with Crippen LogP contribution < -0.4 is 4.74 Å². The number of aromatic nitrogens is 2. The third-order valence-corrected chi connectivity index (χ3v) is 3.67. The normalized spacial score (nSPS) is 11.9. The second kappa shape index (κ2) is 7.79. The van der Waals surface area contributed by atoms with Crippen molar-refractivity contribution in [1.82, 2.24) is 10.2 Å². The van der Waals surface area contributed by atoms with Crippen molar-refractivity contribution >= 4 is 23.8 Å². The number of benzene rings is 2. The van der Waals surface area contributed by atoms with Crippen molar-refractivity contribution in [3.05, 3.63) is 76.2 Å². The average Bonchev–Trinajstić information content (AvgIpc) is 3.00. The van der Waals surface area contributed by atoms with Gasteiger partial charge in [0.1, 0.15) is 11.6 Å². The molecule has 0 N–H and O–H groups in total. The first-order chi connectivity index (χ1) is 12.8. The molecular weight excluding hydrogens is 388 g/mol. The highest BCUT2D eigenvalue weighted by molar-refractivity contribution is 6.32. The van der Waals surface area contributed by atoms with E-state index in [9.17, 15) is 17.6 Å². The van der Waals surface area contributed by atoms with E-state index < -0.39 is 12.2 Å². The van der Waals surface area contributed by atoms with Crippen LogP contribution in [0.4, 0.5) is 17.6 Å². The molecule has 0 amide bonds. The smallest absolute Gasteiger partial charge is 0.421 e. The number of hydrogen-bond acceptors (Lipinski definition) is 4. The van der Waals surface area contributed by atoms with Crippen LogP contribution in [0.1, 0.15) is 22.9 Å². The molecule has 0 aliphatic carbocycles. The molecule has 1 heterocycles. The molecule has 0 spiro atoms. The molecule has 0 aliphatic rings. The molecule has 9 heteroatoms. The Morgan fingerprint density at radius 3 is 2.63 bits per heavy atom. The monoisotopic (exact) mass is 398 g/mol. The number of nitrogens with zero attached hydrogens (tertiary/aromatic N) is 2. The lowest BCUT2D eigenvalue weighted by molar-refractivity contribution is -0.274. The van der Waals surface area contributed by atoms with Crippen LogP contribution >= 0.6 is 11.6 Å². The Bertz CT molecular complexity index is 970. The summed E-state index contributed by atoms with van der Waals surface area (Å²) in [5.74, 6) is -0.392. The summed E-state index contributed by atoms with van der Waals surface area (Å²) in [5, 5.41) is 7.89. The fourth-order valence-electron chi connectivity index (χ4n) is 2.23. The van der Waals surface area contributed by atoms with Crippen LogP contribution in [0.2, 0.25) is 5.02 Å². The fourth-order valence-corrected chi connectivity index (χ4v) is 2.46. The van der Waals surface area contributed by atoms with E-state index in [0.717, 1.165) is 0 Å². The maximum Gasteiger partial charge on any atom is 0.573 e. The molecule has 140 valence electrons. The van der Waals surface area contributed by atoms with E-state index in [0.29, 0.717) is 11.1 Å². The number of alkyl halides is 3. The number of ether oxygens (including phenoxy) is 1. The Labute approximate surface area is 156 Å². The van der Waals surface area contributed by atoms with Gasteiger partial charge in [0.05, 0.1) is 11.4 Å². The second-order valence-electron chi connectivity index (χ2n) is 5.41. The van der Waals surface area contributed by atoms with Gasteiger partial charge in [-0.05, 0) is 41.5 Å². The highest BCUT2D eigenvalue weighted by Crippen LogP contribution is 2.24. The molecule has 27 heavy (non-hydrogen) atoms. The van der Waals surface area contributed by atoms with E-state index in [1.54, 1.807) is 12.1 Å². The van der Waals surface area contributed by atoms with E-state index in [2.05, 4.69) is 14.9 Å². The lowest BCUT2D eigenvalue weighted by atomic mass is 10.1. The van der Waals surface area contributed by atoms with Crippen molar-refractivity contribution < 1.29 is 26.7 Å². The van der Waals surface area contributed by atoms with Crippen LogP contribution in [0.3, 0.4) is 0 Å². The second-order valence-corrected chi connectivity index (χ2v) is 5.81. The summed E-state index contributed by atoms with van der Waals surface area (Å²) >= 11 is 5.92. The number of rotatable bonds is 5. The highest BCUT2D eigenvalue weighted by Gasteiger charge is 2.31. The molecule has 2 aromatic carbocycles. The van der Waals surface area contributed by atoms with E-state index in [1.165, 1.54) is 42.5 Å². The van der Waals surface area contributed by atoms with Crippen LogP contribution in [0.5, 0.6) is 5.75 Å². The van der Waals surface area contributed by atoms with Gasteiger partial charge < -0.3 is 9.15 Å². The molecular formula is C18H11ClF4N2O2. The zero-order chi connectivity index (χ0) is 19.4. The number of halogens is 5. The quantitative estimate of drug-likeness (QED) is 0.531. The van der Waals surface area contributed by atoms with Crippen molar-refractivity contribution in [3.8, 4) is 5.75 Å². The molecule has 0 fully saturated rings. The zero-order valence-corrected chi connectivity index (χ0v) is 14.3. The summed E-state index contributed by atoms with van der Waals surface area (Å²) in [6, 6.07) is 9.43. The molecule has 0 radical (unpaired) electrons. The van der Waals surface area contributed by atoms with Crippen LogP contribution in [0.15, 0.2) is 46.9 Å². The molecule has 3 rings (SSSR count). The maximum atomic E-state index is 13.0. The third kappa shape index (κ3) is 5.55. The Morgan fingerprint density at radius 1 is 1.07 bits per heavy atom. The van der Waals surface area contributed by atoms with Crippen molar-refractivity contribution in [2.75, 3.05) is 0 Å². The molecule has 0 saturated carbocycles. The van der Waals surface area contributed by atoms with E-state index in [4.69, 9.17) is 16.0 Å². The topological polar surface area (TPSA) is 48.2 Å². The summed E-state index contributed by atoms with van der Waals surface area (Å²) in [5.41, 5.74) is 1.08. The summed E-state index contributed by atoms with van der Waals surface area (Å²) in [7, 11) is 0. The minimum atomic E-state index is -4.76. The van der Waals surface area contributed by atoms with Gasteiger partial charge in [0.2, 0.25) is 11.8 Å². The van der Waals surface area contributed by atoms with Gasteiger partial charge in [0.15, 0.2) is 0 Å². The minimum absolute atomic E-state index is 0.132. The van der Waals surface area contributed by atoms with E-state index >= 15 is 0 Å². The van der Waals surface area contributed by atoms with Crippen molar-refractivity contribution in [2.45, 2.75) is 12.8 Å². The fraction of sp³-hybridized carbons (Fsp3) is 0.111.